The second kappa shape index (κ2) is 8.26. The minimum absolute atomic E-state index is 0.00707. The van der Waals surface area contributed by atoms with Crippen molar-refractivity contribution in [1.82, 2.24) is 14.5 Å². The molecule has 1 aliphatic heterocycles. The van der Waals surface area contributed by atoms with Gasteiger partial charge in [0.05, 0.1) is 24.2 Å². The number of ether oxygens (including phenoxy) is 1. The summed E-state index contributed by atoms with van der Waals surface area (Å²) in [5, 5.41) is 0.702. The number of aryl methyl sites for hydroxylation is 1. The highest BCUT2D eigenvalue weighted by Crippen LogP contribution is 2.35. The van der Waals surface area contributed by atoms with Crippen LogP contribution in [0.4, 0.5) is 0 Å². The van der Waals surface area contributed by atoms with Crippen LogP contribution in [0, 0.1) is 11.8 Å². The summed E-state index contributed by atoms with van der Waals surface area (Å²) in [6.07, 6.45) is 5.71. The molecule has 1 fully saturated rings. The molecule has 2 aromatic heterocycles. The molecule has 8 heteroatoms. The number of carbonyl (C=O) groups excluding carboxylic acids is 2. The molecular weight excluding hydrogens is 390 g/mol. The fourth-order valence-corrected chi connectivity index (χ4v) is 5.69. The molecule has 1 saturated heterocycles. The van der Waals surface area contributed by atoms with Gasteiger partial charge in [-0.1, -0.05) is 6.92 Å². The van der Waals surface area contributed by atoms with E-state index in [4.69, 9.17) is 4.74 Å². The number of thiophene rings is 1. The normalized spacial score (nSPS) is 19.9. The van der Waals surface area contributed by atoms with Gasteiger partial charge in [0.25, 0.3) is 5.56 Å². The predicted molar refractivity (Wildman–Crippen MR) is 111 cm³/mol. The first-order valence-electron chi connectivity index (χ1n) is 10.4. The summed E-state index contributed by atoms with van der Waals surface area (Å²) in [6.45, 7) is 5.43. The number of aromatic nitrogens is 2. The van der Waals surface area contributed by atoms with Gasteiger partial charge in [0.2, 0.25) is 5.91 Å². The van der Waals surface area contributed by atoms with E-state index in [9.17, 15) is 14.4 Å². The molecule has 7 nitrogen and oxygen atoms in total. The second-order valence-electron chi connectivity index (χ2n) is 8.12. The Labute approximate surface area is 173 Å². The topological polar surface area (TPSA) is 81.5 Å². The van der Waals surface area contributed by atoms with Crippen molar-refractivity contribution in [2.24, 2.45) is 11.8 Å². The summed E-state index contributed by atoms with van der Waals surface area (Å²) in [4.78, 5) is 46.0. The highest BCUT2D eigenvalue weighted by molar-refractivity contribution is 7.18. The van der Waals surface area contributed by atoms with Crippen LogP contribution >= 0.6 is 11.3 Å². The average molecular weight is 418 g/mol. The van der Waals surface area contributed by atoms with Crippen LogP contribution in [0.2, 0.25) is 0 Å². The van der Waals surface area contributed by atoms with Crippen molar-refractivity contribution in [3.63, 3.8) is 0 Å². The Morgan fingerprint density at radius 1 is 1.28 bits per heavy atom. The minimum Gasteiger partial charge on any atom is -0.466 e. The maximum atomic E-state index is 13.1. The number of hydrogen-bond acceptors (Lipinski definition) is 6. The Kier molecular flexibility index (Phi) is 5.72. The number of fused-ring (bicyclic) bond motifs is 3. The van der Waals surface area contributed by atoms with Crippen LogP contribution in [0.25, 0.3) is 10.2 Å². The third-order valence-electron chi connectivity index (χ3n) is 6.06. The molecule has 1 amide bonds. The summed E-state index contributed by atoms with van der Waals surface area (Å²) >= 11 is 1.62. The van der Waals surface area contributed by atoms with E-state index in [1.807, 2.05) is 0 Å². The Hall–Kier alpha value is -2.22. The van der Waals surface area contributed by atoms with E-state index in [1.54, 1.807) is 23.2 Å². The van der Waals surface area contributed by atoms with Gasteiger partial charge in [-0.05, 0) is 50.5 Å². The quantitative estimate of drug-likeness (QED) is 0.714. The Balaban J connectivity index is 1.47. The highest BCUT2D eigenvalue weighted by atomic mass is 32.1. The van der Waals surface area contributed by atoms with Crippen LogP contribution in [0.1, 0.15) is 43.6 Å². The van der Waals surface area contributed by atoms with Crippen molar-refractivity contribution in [3.05, 3.63) is 27.1 Å². The molecule has 0 bridgehead atoms. The maximum absolute atomic E-state index is 13.1. The molecule has 3 heterocycles. The number of piperidine rings is 1. The van der Waals surface area contributed by atoms with Crippen molar-refractivity contribution in [2.45, 2.75) is 52.5 Å². The maximum Gasteiger partial charge on any atom is 0.309 e. The summed E-state index contributed by atoms with van der Waals surface area (Å²) in [6, 6.07) is 0. The van der Waals surface area contributed by atoms with Crippen LogP contribution in [0.3, 0.4) is 0 Å². The molecule has 0 N–H and O–H groups in total. The number of amides is 1. The SMILES string of the molecule is CCOC(=O)C1CCN(C(=O)Cn2cnc3sc4c(c3c2=O)CCC(C)C4)CC1. The van der Waals surface area contributed by atoms with Crippen LogP contribution in [0.15, 0.2) is 11.1 Å². The molecular formula is C21H27N3O4S. The van der Waals surface area contributed by atoms with Crippen LogP contribution < -0.4 is 5.56 Å². The third-order valence-corrected chi connectivity index (χ3v) is 7.22. The van der Waals surface area contributed by atoms with Gasteiger partial charge < -0.3 is 9.64 Å². The first kappa shape index (κ1) is 20.1. The summed E-state index contributed by atoms with van der Waals surface area (Å²) in [5.74, 6) is 0.214. The fraction of sp³-hybridized carbons (Fsp3) is 0.619. The first-order valence-corrected chi connectivity index (χ1v) is 11.2. The molecule has 1 atom stereocenters. The molecule has 0 spiro atoms. The lowest BCUT2D eigenvalue weighted by Crippen LogP contribution is -2.43. The monoisotopic (exact) mass is 417 g/mol. The van der Waals surface area contributed by atoms with Gasteiger partial charge >= 0.3 is 5.97 Å². The lowest BCUT2D eigenvalue weighted by molar-refractivity contribution is -0.151. The Bertz CT molecular complexity index is 988. The minimum atomic E-state index is -0.179. The van der Waals surface area contributed by atoms with E-state index in [-0.39, 0.29) is 29.9 Å². The molecule has 156 valence electrons. The largest absolute Gasteiger partial charge is 0.466 e. The third kappa shape index (κ3) is 3.95. The average Bonchev–Trinajstić information content (AvgIpc) is 3.08. The number of esters is 1. The van der Waals surface area contributed by atoms with Crippen molar-refractivity contribution < 1.29 is 14.3 Å². The van der Waals surface area contributed by atoms with Crippen molar-refractivity contribution in [3.8, 4) is 0 Å². The summed E-state index contributed by atoms with van der Waals surface area (Å²) in [7, 11) is 0. The molecule has 0 radical (unpaired) electrons. The van der Waals surface area contributed by atoms with Crippen LogP contribution in [-0.2, 0) is 33.7 Å². The lowest BCUT2D eigenvalue weighted by Gasteiger charge is -2.31. The second-order valence-corrected chi connectivity index (χ2v) is 9.20. The molecule has 1 unspecified atom stereocenters. The Morgan fingerprint density at radius 3 is 2.76 bits per heavy atom. The van der Waals surface area contributed by atoms with Gasteiger partial charge in [-0.15, -0.1) is 11.3 Å². The Morgan fingerprint density at radius 2 is 2.03 bits per heavy atom. The van der Waals surface area contributed by atoms with Crippen molar-refractivity contribution >= 4 is 33.4 Å². The van der Waals surface area contributed by atoms with Gasteiger partial charge in [-0.2, -0.15) is 0 Å². The molecule has 2 aliphatic rings. The van der Waals surface area contributed by atoms with Gasteiger partial charge in [0.1, 0.15) is 11.4 Å². The highest BCUT2D eigenvalue weighted by Gasteiger charge is 2.29. The van der Waals surface area contributed by atoms with Crippen molar-refractivity contribution in [1.29, 1.82) is 0 Å². The zero-order valence-electron chi connectivity index (χ0n) is 17.0. The number of nitrogens with zero attached hydrogens (tertiary/aromatic N) is 3. The molecule has 29 heavy (non-hydrogen) atoms. The zero-order chi connectivity index (χ0) is 20.5. The van der Waals surface area contributed by atoms with E-state index in [1.165, 1.54) is 15.8 Å². The van der Waals surface area contributed by atoms with E-state index in [0.717, 1.165) is 29.7 Å². The standard InChI is InChI=1S/C21H27N3O4S/c1-3-28-21(27)14-6-8-23(9-7-14)17(25)11-24-12-22-19-18(20(24)26)15-5-4-13(2)10-16(15)29-19/h12-14H,3-11H2,1-2H3. The predicted octanol–water partition coefficient (Wildman–Crippen LogP) is 2.38. The van der Waals surface area contributed by atoms with Gasteiger partial charge in [0, 0.05) is 18.0 Å². The van der Waals surface area contributed by atoms with Crippen LogP contribution in [0.5, 0.6) is 0 Å². The number of rotatable bonds is 4. The van der Waals surface area contributed by atoms with Gasteiger partial charge in [0.15, 0.2) is 0 Å². The zero-order valence-corrected chi connectivity index (χ0v) is 17.8. The van der Waals surface area contributed by atoms with E-state index >= 15 is 0 Å². The number of likely N-dealkylation sites (tertiary alicyclic amines) is 1. The molecule has 1 aliphatic carbocycles. The van der Waals surface area contributed by atoms with Crippen molar-refractivity contribution in [2.75, 3.05) is 19.7 Å². The molecule has 0 aromatic carbocycles. The molecule has 4 rings (SSSR count). The van der Waals surface area contributed by atoms with Gasteiger partial charge in [-0.3, -0.25) is 19.0 Å². The molecule has 2 aromatic rings. The van der Waals surface area contributed by atoms with Crippen LogP contribution in [-0.4, -0.2) is 46.0 Å². The fourth-order valence-electron chi connectivity index (χ4n) is 4.35. The summed E-state index contributed by atoms with van der Waals surface area (Å²) in [5.41, 5.74) is 1.02. The van der Waals surface area contributed by atoms with E-state index in [0.29, 0.717) is 43.8 Å². The number of hydrogen-bond donors (Lipinski definition) is 0. The summed E-state index contributed by atoms with van der Waals surface area (Å²) < 4.78 is 6.52. The lowest BCUT2D eigenvalue weighted by atomic mass is 9.89. The smallest absolute Gasteiger partial charge is 0.309 e. The molecule has 0 saturated carbocycles. The van der Waals surface area contributed by atoms with E-state index < -0.39 is 0 Å². The first-order chi connectivity index (χ1) is 14.0. The number of carbonyl (C=O) groups is 2. The van der Waals surface area contributed by atoms with E-state index in [2.05, 4.69) is 11.9 Å². The van der Waals surface area contributed by atoms with Gasteiger partial charge in [-0.25, -0.2) is 4.98 Å².